The van der Waals surface area contributed by atoms with Crippen molar-refractivity contribution >= 4 is 23.3 Å². The second kappa shape index (κ2) is 7.73. The van der Waals surface area contributed by atoms with Crippen LogP contribution in [-0.2, 0) is 14.3 Å². The molecule has 1 N–H and O–H groups in total. The zero-order valence-corrected chi connectivity index (χ0v) is 12.8. The average molecular weight is 303 g/mol. The third-order valence-electron chi connectivity index (χ3n) is 3.82. The molecule has 0 bridgehead atoms. The van der Waals surface area contributed by atoms with Gasteiger partial charge in [0.1, 0.15) is 0 Å². The van der Waals surface area contributed by atoms with Gasteiger partial charge in [-0.05, 0) is 43.0 Å². The smallest absolute Gasteiger partial charge is 0.306 e. The van der Waals surface area contributed by atoms with Crippen LogP contribution < -0.4 is 5.32 Å². The van der Waals surface area contributed by atoms with Gasteiger partial charge in [0, 0.05) is 24.6 Å². The van der Waals surface area contributed by atoms with Crippen LogP contribution in [-0.4, -0.2) is 24.3 Å². The lowest BCUT2D eigenvalue weighted by Crippen LogP contribution is -2.16. The molecule has 0 radical (unpaired) electrons. The van der Waals surface area contributed by atoms with E-state index >= 15 is 0 Å². The first kappa shape index (κ1) is 16.2. The molecule has 1 aliphatic rings. The minimum Gasteiger partial charge on any atom is -0.457 e. The summed E-state index contributed by atoms with van der Waals surface area (Å²) in [5.41, 5.74) is 1.09. The summed E-state index contributed by atoms with van der Waals surface area (Å²) in [4.78, 5) is 34.6. The maximum Gasteiger partial charge on any atom is 0.306 e. The number of amides is 1. The van der Waals surface area contributed by atoms with Crippen LogP contribution in [0, 0.1) is 5.92 Å². The van der Waals surface area contributed by atoms with Crippen molar-refractivity contribution in [2.45, 2.75) is 39.0 Å². The molecule has 22 heavy (non-hydrogen) atoms. The molecule has 5 nitrogen and oxygen atoms in total. The molecular formula is C17H21NO4. The van der Waals surface area contributed by atoms with E-state index in [1.807, 2.05) is 0 Å². The molecule has 0 saturated heterocycles. The SMILES string of the molecule is CC(=O)Nc1ccc(C(=O)COC(=O)CC2CCCC2)cc1. The molecule has 0 atom stereocenters. The third-order valence-corrected chi connectivity index (χ3v) is 3.82. The predicted octanol–water partition coefficient (Wildman–Crippen LogP) is 2.95. The summed E-state index contributed by atoms with van der Waals surface area (Å²) in [6.07, 6.45) is 4.92. The second-order valence-electron chi connectivity index (χ2n) is 5.70. The first-order valence-corrected chi connectivity index (χ1v) is 7.61. The molecule has 0 unspecified atom stereocenters. The number of benzene rings is 1. The fraction of sp³-hybridized carbons (Fsp3) is 0.471. The van der Waals surface area contributed by atoms with Gasteiger partial charge >= 0.3 is 5.97 Å². The molecule has 0 aliphatic heterocycles. The standard InChI is InChI=1S/C17H21NO4/c1-12(19)18-15-8-6-14(7-9-15)16(20)11-22-17(21)10-13-4-2-3-5-13/h6-9,13H,2-5,10-11H2,1H3,(H,18,19). The Balaban J connectivity index is 1.78. The number of Topliss-reactive ketones (excluding diaryl/α,β-unsaturated/α-hetero) is 1. The van der Waals surface area contributed by atoms with Gasteiger partial charge in [-0.25, -0.2) is 0 Å². The molecule has 5 heteroatoms. The van der Waals surface area contributed by atoms with Crippen molar-refractivity contribution in [2.24, 2.45) is 5.92 Å². The number of hydrogen-bond acceptors (Lipinski definition) is 4. The van der Waals surface area contributed by atoms with E-state index in [0.717, 1.165) is 12.8 Å². The number of carbonyl (C=O) groups is 3. The van der Waals surface area contributed by atoms with Gasteiger partial charge in [0.05, 0.1) is 0 Å². The van der Waals surface area contributed by atoms with E-state index in [2.05, 4.69) is 5.32 Å². The van der Waals surface area contributed by atoms with Gasteiger partial charge in [-0.2, -0.15) is 0 Å². The average Bonchev–Trinajstić information content (AvgIpc) is 2.98. The first-order valence-electron chi connectivity index (χ1n) is 7.61. The summed E-state index contributed by atoms with van der Waals surface area (Å²) >= 11 is 0. The topological polar surface area (TPSA) is 72.5 Å². The molecule has 1 aromatic carbocycles. The number of ether oxygens (including phenoxy) is 1. The summed E-state index contributed by atoms with van der Waals surface area (Å²) in [5.74, 6) is -0.288. The van der Waals surface area contributed by atoms with Crippen molar-refractivity contribution in [3.63, 3.8) is 0 Å². The van der Waals surface area contributed by atoms with Gasteiger partial charge < -0.3 is 10.1 Å². The van der Waals surface area contributed by atoms with Crippen LogP contribution in [0.2, 0.25) is 0 Å². The minimum absolute atomic E-state index is 0.167. The summed E-state index contributed by atoms with van der Waals surface area (Å²) in [6.45, 7) is 1.19. The van der Waals surface area contributed by atoms with Gasteiger partial charge in [0.25, 0.3) is 0 Å². The monoisotopic (exact) mass is 303 g/mol. The van der Waals surface area contributed by atoms with Crippen molar-refractivity contribution in [1.29, 1.82) is 0 Å². The van der Waals surface area contributed by atoms with Gasteiger partial charge in [-0.3, -0.25) is 14.4 Å². The van der Waals surface area contributed by atoms with Crippen LogP contribution in [0.3, 0.4) is 0 Å². The van der Waals surface area contributed by atoms with Crippen LogP contribution in [0.5, 0.6) is 0 Å². The van der Waals surface area contributed by atoms with Crippen LogP contribution >= 0.6 is 0 Å². The van der Waals surface area contributed by atoms with Crippen molar-refractivity contribution in [1.82, 2.24) is 0 Å². The van der Waals surface area contributed by atoms with Gasteiger partial charge in [0.2, 0.25) is 5.91 Å². The second-order valence-corrected chi connectivity index (χ2v) is 5.70. The highest BCUT2D eigenvalue weighted by atomic mass is 16.5. The van der Waals surface area contributed by atoms with E-state index in [9.17, 15) is 14.4 Å². The first-order chi connectivity index (χ1) is 10.5. The Kier molecular flexibility index (Phi) is 5.69. The van der Waals surface area contributed by atoms with Gasteiger partial charge in [0.15, 0.2) is 12.4 Å². The maximum atomic E-state index is 12.0. The van der Waals surface area contributed by atoms with Crippen molar-refractivity contribution in [3.05, 3.63) is 29.8 Å². The highest BCUT2D eigenvalue weighted by Gasteiger charge is 2.20. The lowest BCUT2D eigenvalue weighted by Gasteiger charge is -2.09. The molecule has 1 aromatic rings. The normalized spacial score (nSPS) is 14.6. The summed E-state index contributed by atoms with van der Waals surface area (Å²) in [6, 6.07) is 6.51. The van der Waals surface area contributed by atoms with Crippen LogP contribution in [0.25, 0.3) is 0 Å². The number of carbonyl (C=O) groups excluding carboxylic acids is 3. The molecule has 118 valence electrons. The van der Waals surface area contributed by atoms with Crippen molar-refractivity contribution in [2.75, 3.05) is 11.9 Å². The molecular weight excluding hydrogens is 282 g/mol. The van der Waals surface area contributed by atoms with Crippen molar-refractivity contribution < 1.29 is 19.1 Å². The van der Waals surface area contributed by atoms with Crippen molar-refractivity contribution in [3.8, 4) is 0 Å². The molecule has 1 fully saturated rings. The zero-order valence-electron chi connectivity index (χ0n) is 12.8. The zero-order chi connectivity index (χ0) is 15.9. The maximum absolute atomic E-state index is 12.0. The molecule has 0 spiro atoms. The lowest BCUT2D eigenvalue weighted by molar-refractivity contribution is -0.143. The Bertz CT molecular complexity index is 544. The summed E-state index contributed by atoms with van der Waals surface area (Å²) in [7, 11) is 0. The number of ketones is 1. The van der Waals surface area contributed by atoms with Gasteiger partial charge in [-0.15, -0.1) is 0 Å². The summed E-state index contributed by atoms with van der Waals surface area (Å²) < 4.78 is 5.06. The van der Waals surface area contributed by atoms with Crippen LogP contribution in [0.1, 0.15) is 49.4 Å². The van der Waals surface area contributed by atoms with E-state index in [0.29, 0.717) is 23.6 Å². The molecule has 1 amide bonds. The lowest BCUT2D eigenvalue weighted by atomic mass is 10.0. The number of hydrogen-bond donors (Lipinski definition) is 1. The van der Waals surface area contributed by atoms with Gasteiger partial charge in [-0.1, -0.05) is 12.8 Å². The van der Waals surface area contributed by atoms with Crippen LogP contribution in [0.4, 0.5) is 5.69 Å². The van der Waals surface area contributed by atoms with E-state index < -0.39 is 0 Å². The molecule has 0 aromatic heterocycles. The minimum atomic E-state index is -0.296. The number of nitrogens with one attached hydrogen (secondary N) is 1. The quantitative estimate of drug-likeness (QED) is 0.648. The Morgan fingerprint density at radius 2 is 1.77 bits per heavy atom. The molecule has 1 saturated carbocycles. The fourth-order valence-electron chi connectivity index (χ4n) is 2.68. The Labute approximate surface area is 130 Å². The van der Waals surface area contributed by atoms with Crippen LogP contribution in [0.15, 0.2) is 24.3 Å². The van der Waals surface area contributed by atoms with E-state index in [4.69, 9.17) is 4.74 Å². The third kappa shape index (κ3) is 4.98. The Morgan fingerprint density at radius 1 is 1.14 bits per heavy atom. The predicted molar refractivity (Wildman–Crippen MR) is 82.6 cm³/mol. The molecule has 1 aliphatic carbocycles. The molecule has 2 rings (SSSR count). The van der Waals surface area contributed by atoms with E-state index in [1.165, 1.54) is 19.8 Å². The Morgan fingerprint density at radius 3 is 2.36 bits per heavy atom. The number of rotatable bonds is 6. The number of esters is 1. The van der Waals surface area contributed by atoms with E-state index in [1.54, 1.807) is 24.3 Å². The number of anilines is 1. The fourth-order valence-corrected chi connectivity index (χ4v) is 2.68. The highest BCUT2D eigenvalue weighted by molar-refractivity contribution is 5.98. The Hall–Kier alpha value is -2.17. The summed E-state index contributed by atoms with van der Waals surface area (Å²) in [5, 5.41) is 2.63. The highest BCUT2D eigenvalue weighted by Crippen LogP contribution is 2.27. The largest absolute Gasteiger partial charge is 0.457 e. The molecule has 0 heterocycles. The van der Waals surface area contributed by atoms with E-state index in [-0.39, 0.29) is 24.3 Å².